The van der Waals surface area contributed by atoms with Gasteiger partial charge in [0.25, 0.3) is 0 Å². The van der Waals surface area contributed by atoms with Gasteiger partial charge in [-0.1, -0.05) is 24.3 Å². The fraction of sp³-hybridized carbons (Fsp3) is 0.105. The standard InChI is InChI=1S/C19H17N3O2S/c1-3-15-16(4-2)20-12-21-18(15)22-13-7-5-8-14(11-13)24-19(23)17-9-6-10-25-17/h3-12H,1-2H3,(H,20,21,22). The second-order valence-electron chi connectivity index (χ2n) is 5.12. The number of hydrogen-bond donors (Lipinski definition) is 1. The number of carbonyl (C=O) groups is 1. The van der Waals surface area contributed by atoms with E-state index < -0.39 is 0 Å². The third-order valence-electron chi connectivity index (χ3n) is 3.51. The quantitative estimate of drug-likeness (QED) is 0.578. The van der Waals surface area contributed by atoms with Crippen LogP contribution in [0.5, 0.6) is 5.75 Å². The largest absolute Gasteiger partial charge is 0.422 e. The number of esters is 1. The van der Waals surface area contributed by atoms with Crippen LogP contribution in [0.2, 0.25) is 0 Å². The highest BCUT2D eigenvalue weighted by Gasteiger charge is 2.10. The van der Waals surface area contributed by atoms with Crippen molar-refractivity contribution in [2.75, 3.05) is 5.32 Å². The predicted molar refractivity (Wildman–Crippen MR) is 101 cm³/mol. The van der Waals surface area contributed by atoms with Gasteiger partial charge in [0.05, 0.1) is 5.35 Å². The first-order chi connectivity index (χ1) is 12.2. The van der Waals surface area contributed by atoms with Crippen LogP contribution in [0.15, 0.2) is 48.1 Å². The van der Waals surface area contributed by atoms with Crippen molar-refractivity contribution in [2.45, 2.75) is 13.8 Å². The summed E-state index contributed by atoms with van der Waals surface area (Å²) in [5, 5.41) is 6.88. The summed E-state index contributed by atoms with van der Waals surface area (Å²) in [6.45, 7) is 3.87. The van der Waals surface area contributed by atoms with Gasteiger partial charge in [0.1, 0.15) is 22.8 Å². The minimum atomic E-state index is -0.361. The number of rotatable bonds is 4. The van der Waals surface area contributed by atoms with Gasteiger partial charge in [-0.05, 0) is 37.4 Å². The van der Waals surface area contributed by atoms with Crippen LogP contribution in [-0.2, 0) is 0 Å². The van der Waals surface area contributed by atoms with Gasteiger partial charge in [-0.15, -0.1) is 11.3 Å². The molecule has 0 spiro atoms. The lowest BCUT2D eigenvalue weighted by Crippen LogP contribution is -2.31. The molecule has 0 radical (unpaired) electrons. The Morgan fingerprint density at radius 1 is 1.16 bits per heavy atom. The summed E-state index contributed by atoms with van der Waals surface area (Å²) in [5.74, 6) is 0.814. The average Bonchev–Trinajstić information content (AvgIpc) is 3.16. The molecule has 0 atom stereocenters. The van der Waals surface area contributed by atoms with Crippen LogP contribution in [-0.4, -0.2) is 15.9 Å². The highest BCUT2D eigenvalue weighted by atomic mass is 32.1. The van der Waals surface area contributed by atoms with Crippen LogP contribution in [0.4, 0.5) is 11.5 Å². The van der Waals surface area contributed by atoms with Crippen molar-refractivity contribution in [1.82, 2.24) is 9.97 Å². The van der Waals surface area contributed by atoms with Crippen molar-refractivity contribution < 1.29 is 9.53 Å². The Morgan fingerprint density at radius 3 is 2.76 bits per heavy atom. The molecular formula is C19H17N3O2S. The van der Waals surface area contributed by atoms with E-state index in [0.717, 1.165) is 16.3 Å². The summed E-state index contributed by atoms with van der Waals surface area (Å²) in [7, 11) is 0. The Morgan fingerprint density at radius 2 is 2.04 bits per heavy atom. The van der Waals surface area contributed by atoms with E-state index in [1.807, 2.05) is 49.6 Å². The topological polar surface area (TPSA) is 64.1 Å². The maximum Gasteiger partial charge on any atom is 0.353 e. The fourth-order valence-electron chi connectivity index (χ4n) is 2.35. The van der Waals surface area contributed by atoms with Crippen molar-refractivity contribution in [2.24, 2.45) is 0 Å². The molecule has 0 unspecified atom stereocenters. The zero-order chi connectivity index (χ0) is 17.6. The molecule has 1 N–H and O–H groups in total. The van der Waals surface area contributed by atoms with Crippen LogP contribution >= 0.6 is 11.3 Å². The first kappa shape index (κ1) is 16.9. The molecule has 0 fully saturated rings. The van der Waals surface area contributed by atoms with E-state index >= 15 is 0 Å². The van der Waals surface area contributed by atoms with E-state index in [4.69, 9.17) is 4.74 Å². The molecule has 0 saturated carbocycles. The van der Waals surface area contributed by atoms with Crippen molar-refractivity contribution in [3.8, 4) is 5.75 Å². The van der Waals surface area contributed by atoms with E-state index in [1.54, 1.807) is 18.2 Å². The minimum absolute atomic E-state index is 0.361. The van der Waals surface area contributed by atoms with Gasteiger partial charge in [-0.2, -0.15) is 0 Å². The van der Waals surface area contributed by atoms with Crippen LogP contribution in [0, 0.1) is 0 Å². The minimum Gasteiger partial charge on any atom is -0.422 e. The molecule has 3 rings (SSSR count). The average molecular weight is 351 g/mol. The van der Waals surface area contributed by atoms with E-state index in [1.165, 1.54) is 17.7 Å². The molecule has 3 aromatic rings. The van der Waals surface area contributed by atoms with Gasteiger partial charge in [-0.25, -0.2) is 14.8 Å². The third-order valence-corrected chi connectivity index (χ3v) is 4.36. The van der Waals surface area contributed by atoms with Gasteiger partial charge < -0.3 is 10.1 Å². The number of thiophene rings is 1. The van der Waals surface area contributed by atoms with Crippen LogP contribution < -0.4 is 20.6 Å². The van der Waals surface area contributed by atoms with Gasteiger partial charge in [0, 0.05) is 17.0 Å². The number of benzene rings is 1. The number of anilines is 2. The van der Waals surface area contributed by atoms with Gasteiger partial charge >= 0.3 is 5.97 Å². The van der Waals surface area contributed by atoms with E-state index in [-0.39, 0.29) is 5.97 Å². The zero-order valence-electron chi connectivity index (χ0n) is 13.9. The Labute approximate surface area is 149 Å². The third kappa shape index (κ3) is 3.92. The van der Waals surface area contributed by atoms with Gasteiger partial charge in [0.2, 0.25) is 0 Å². The SMILES string of the molecule is CC=c1ncnc(Nc2cccc(OC(=O)c3cccs3)c2)c1=CC. The predicted octanol–water partition coefficient (Wildman–Crippen LogP) is 3.10. The van der Waals surface area contributed by atoms with E-state index in [0.29, 0.717) is 16.4 Å². The maximum absolute atomic E-state index is 12.1. The highest BCUT2D eigenvalue weighted by molar-refractivity contribution is 7.12. The highest BCUT2D eigenvalue weighted by Crippen LogP contribution is 2.21. The van der Waals surface area contributed by atoms with Crippen molar-refractivity contribution in [3.05, 3.63) is 63.6 Å². The Hall–Kier alpha value is -2.99. The lowest BCUT2D eigenvalue weighted by atomic mass is 10.2. The van der Waals surface area contributed by atoms with Crippen molar-refractivity contribution in [3.63, 3.8) is 0 Å². The molecular weight excluding hydrogens is 334 g/mol. The number of nitrogens with one attached hydrogen (secondary N) is 1. The molecule has 0 aliphatic carbocycles. The number of ether oxygens (including phenoxy) is 1. The van der Waals surface area contributed by atoms with E-state index in [9.17, 15) is 4.79 Å². The summed E-state index contributed by atoms with van der Waals surface area (Å²) < 4.78 is 5.42. The molecule has 5 nitrogen and oxygen atoms in total. The van der Waals surface area contributed by atoms with Crippen molar-refractivity contribution >= 4 is 41.0 Å². The summed E-state index contributed by atoms with van der Waals surface area (Å²) >= 11 is 1.35. The molecule has 0 aliphatic rings. The Bertz CT molecular complexity index is 998. The monoisotopic (exact) mass is 351 g/mol. The molecule has 1 aromatic carbocycles. The smallest absolute Gasteiger partial charge is 0.353 e. The lowest BCUT2D eigenvalue weighted by molar-refractivity contribution is 0.0740. The number of aromatic nitrogens is 2. The summed E-state index contributed by atoms with van der Waals surface area (Å²) in [4.78, 5) is 21.2. The number of nitrogens with zero attached hydrogens (tertiary/aromatic N) is 2. The fourth-order valence-corrected chi connectivity index (χ4v) is 2.95. The second-order valence-corrected chi connectivity index (χ2v) is 6.07. The molecule has 0 saturated heterocycles. The van der Waals surface area contributed by atoms with Crippen LogP contribution in [0.25, 0.3) is 12.2 Å². The summed E-state index contributed by atoms with van der Waals surface area (Å²) in [5.41, 5.74) is 0.778. The van der Waals surface area contributed by atoms with E-state index in [2.05, 4.69) is 15.3 Å². The molecule has 0 aliphatic heterocycles. The first-order valence-electron chi connectivity index (χ1n) is 7.77. The molecule has 2 aromatic heterocycles. The second kappa shape index (κ2) is 7.72. The summed E-state index contributed by atoms with van der Waals surface area (Å²) in [6.07, 6.45) is 5.41. The molecule has 0 amide bonds. The van der Waals surface area contributed by atoms with Crippen LogP contribution in [0.1, 0.15) is 23.5 Å². The molecule has 6 heteroatoms. The Kier molecular flexibility index (Phi) is 5.20. The molecule has 0 bridgehead atoms. The Balaban J connectivity index is 1.85. The molecule has 126 valence electrons. The maximum atomic E-state index is 12.1. The normalized spacial score (nSPS) is 12.2. The lowest BCUT2D eigenvalue weighted by Gasteiger charge is -2.08. The number of carbonyl (C=O) groups excluding carboxylic acids is 1. The van der Waals surface area contributed by atoms with Gasteiger partial charge in [-0.3, -0.25) is 0 Å². The van der Waals surface area contributed by atoms with Crippen molar-refractivity contribution in [1.29, 1.82) is 0 Å². The summed E-state index contributed by atoms with van der Waals surface area (Å²) in [6, 6.07) is 10.8. The van der Waals surface area contributed by atoms with Gasteiger partial charge in [0.15, 0.2) is 0 Å². The zero-order valence-corrected chi connectivity index (χ0v) is 14.7. The molecule has 2 heterocycles. The first-order valence-corrected chi connectivity index (χ1v) is 8.65. The number of hydrogen-bond acceptors (Lipinski definition) is 6. The van der Waals surface area contributed by atoms with Crippen LogP contribution in [0.3, 0.4) is 0 Å². The molecule has 25 heavy (non-hydrogen) atoms.